The van der Waals surface area contributed by atoms with Gasteiger partial charge in [-0.15, -0.1) is 0 Å². The molecule has 0 N–H and O–H groups in total. The summed E-state index contributed by atoms with van der Waals surface area (Å²) in [5.41, 5.74) is 1.14. The minimum atomic E-state index is -0.688. The van der Waals surface area contributed by atoms with Gasteiger partial charge in [0.25, 0.3) is 0 Å². The molecular formula is C16H10ClF2NO2. The largest absolute Gasteiger partial charge is 0.465 e. The smallest absolute Gasteiger partial charge is 0.338 e. The Labute approximate surface area is 129 Å². The predicted octanol–water partition coefficient (Wildman–Crippen LogP) is 4.35. The zero-order valence-corrected chi connectivity index (χ0v) is 12.2. The summed E-state index contributed by atoms with van der Waals surface area (Å²) in [6, 6.07) is 7.96. The van der Waals surface area contributed by atoms with Gasteiger partial charge in [-0.1, -0.05) is 11.6 Å². The van der Waals surface area contributed by atoms with Gasteiger partial charge < -0.3 is 9.30 Å². The monoisotopic (exact) mass is 321 g/mol. The van der Waals surface area contributed by atoms with Crippen LogP contribution in [0.5, 0.6) is 0 Å². The topological polar surface area (TPSA) is 31.2 Å². The van der Waals surface area contributed by atoms with Crippen molar-refractivity contribution in [3.05, 3.63) is 64.8 Å². The van der Waals surface area contributed by atoms with Crippen LogP contribution in [-0.2, 0) is 4.74 Å². The summed E-state index contributed by atoms with van der Waals surface area (Å²) in [5, 5.41) is 0.908. The van der Waals surface area contributed by atoms with E-state index in [2.05, 4.69) is 0 Å². The molecule has 0 aliphatic carbocycles. The van der Waals surface area contributed by atoms with Crippen LogP contribution in [0.25, 0.3) is 16.6 Å². The van der Waals surface area contributed by atoms with E-state index < -0.39 is 17.6 Å². The van der Waals surface area contributed by atoms with Gasteiger partial charge in [-0.25, -0.2) is 13.6 Å². The van der Waals surface area contributed by atoms with Crippen LogP contribution in [0.2, 0.25) is 5.02 Å². The van der Waals surface area contributed by atoms with Crippen LogP contribution in [0, 0.1) is 11.6 Å². The number of methoxy groups -OCH3 is 1. The Morgan fingerprint density at radius 1 is 1.14 bits per heavy atom. The number of nitrogens with zero attached hydrogens (tertiary/aromatic N) is 1. The highest BCUT2D eigenvalue weighted by Gasteiger charge is 2.15. The molecule has 0 atom stereocenters. The molecule has 112 valence electrons. The van der Waals surface area contributed by atoms with E-state index in [1.807, 2.05) is 0 Å². The SMILES string of the molecule is COC(=O)c1cc(Cl)cc2c1ccn2-c1cc(F)cc(F)c1. The average Bonchev–Trinajstić information content (AvgIpc) is 2.88. The fraction of sp³-hybridized carbons (Fsp3) is 0.0625. The third-order valence-electron chi connectivity index (χ3n) is 3.30. The zero-order valence-electron chi connectivity index (χ0n) is 11.4. The lowest BCUT2D eigenvalue weighted by Gasteiger charge is -2.08. The molecule has 0 saturated heterocycles. The molecule has 2 aromatic carbocycles. The first kappa shape index (κ1) is 14.5. The van der Waals surface area contributed by atoms with Gasteiger partial charge in [0.1, 0.15) is 11.6 Å². The fourth-order valence-electron chi connectivity index (χ4n) is 2.39. The Morgan fingerprint density at radius 3 is 2.45 bits per heavy atom. The number of benzene rings is 2. The minimum Gasteiger partial charge on any atom is -0.465 e. The Hall–Kier alpha value is -2.40. The zero-order chi connectivity index (χ0) is 15.9. The van der Waals surface area contributed by atoms with Crippen molar-refractivity contribution < 1.29 is 18.3 Å². The van der Waals surface area contributed by atoms with Gasteiger partial charge in [-0.2, -0.15) is 0 Å². The molecule has 0 aliphatic rings. The van der Waals surface area contributed by atoms with E-state index in [1.54, 1.807) is 22.9 Å². The number of hydrogen-bond donors (Lipinski definition) is 0. The number of rotatable bonds is 2. The van der Waals surface area contributed by atoms with E-state index in [9.17, 15) is 13.6 Å². The van der Waals surface area contributed by atoms with E-state index in [0.717, 1.165) is 6.07 Å². The quantitative estimate of drug-likeness (QED) is 0.657. The number of esters is 1. The van der Waals surface area contributed by atoms with E-state index in [0.29, 0.717) is 27.2 Å². The first-order chi connectivity index (χ1) is 10.5. The van der Waals surface area contributed by atoms with Gasteiger partial charge in [-0.05, 0) is 30.3 Å². The lowest BCUT2D eigenvalue weighted by molar-refractivity contribution is 0.0603. The second-order valence-electron chi connectivity index (χ2n) is 4.69. The van der Waals surface area contributed by atoms with Gasteiger partial charge in [0, 0.05) is 22.7 Å². The first-order valence-electron chi connectivity index (χ1n) is 6.35. The second-order valence-corrected chi connectivity index (χ2v) is 5.13. The van der Waals surface area contributed by atoms with Crippen LogP contribution >= 0.6 is 11.6 Å². The van der Waals surface area contributed by atoms with Crippen LogP contribution in [0.3, 0.4) is 0 Å². The van der Waals surface area contributed by atoms with Gasteiger partial charge in [0.05, 0.1) is 23.9 Å². The maximum absolute atomic E-state index is 13.4. The summed E-state index contributed by atoms with van der Waals surface area (Å²) in [4.78, 5) is 11.8. The van der Waals surface area contributed by atoms with Crippen LogP contribution in [-0.4, -0.2) is 17.6 Å². The van der Waals surface area contributed by atoms with Crippen LogP contribution < -0.4 is 0 Å². The molecule has 0 unspecified atom stereocenters. The second kappa shape index (κ2) is 5.42. The molecule has 0 bridgehead atoms. The number of hydrogen-bond acceptors (Lipinski definition) is 2. The Bertz CT molecular complexity index is 869. The molecule has 6 heteroatoms. The molecule has 22 heavy (non-hydrogen) atoms. The Kier molecular flexibility index (Phi) is 3.58. The fourth-order valence-corrected chi connectivity index (χ4v) is 2.60. The number of fused-ring (bicyclic) bond motifs is 1. The van der Waals surface area contributed by atoms with Crippen LogP contribution in [0.15, 0.2) is 42.6 Å². The molecule has 3 nitrogen and oxygen atoms in total. The third kappa shape index (κ3) is 2.44. The van der Waals surface area contributed by atoms with Gasteiger partial charge in [-0.3, -0.25) is 0 Å². The van der Waals surface area contributed by atoms with Gasteiger partial charge in [0.15, 0.2) is 0 Å². The number of carbonyl (C=O) groups is 1. The van der Waals surface area contributed by atoms with E-state index in [4.69, 9.17) is 16.3 Å². The summed E-state index contributed by atoms with van der Waals surface area (Å²) >= 11 is 6.03. The first-order valence-corrected chi connectivity index (χ1v) is 6.73. The molecule has 0 saturated carbocycles. The van der Waals surface area contributed by atoms with Crippen molar-refractivity contribution in [3.63, 3.8) is 0 Å². The summed E-state index contributed by atoms with van der Waals surface area (Å²) in [5.74, 6) is -1.91. The molecule has 0 amide bonds. The van der Waals surface area contributed by atoms with Gasteiger partial charge in [0.2, 0.25) is 0 Å². The predicted molar refractivity (Wildman–Crippen MR) is 79.5 cm³/mol. The van der Waals surface area contributed by atoms with Crippen molar-refractivity contribution in [2.45, 2.75) is 0 Å². The Morgan fingerprint density at radius 2 is 1.82 bits per heavy atom. The van der Waals surface area contributed by atoms with Gasteiger partial charge >= 0.3 is 5.97 Å². The standard InChI is InChI=1S/C16H10ClF2NO2/c1-22-16(21)14-4-9(17)5-15-13(14)2-3-20(15)12-7-10(18)6-11(19)8-12/h2-8H,1H3. The molecule has 0 spiro atoms. The summed E-state index contributed by atoms with van der Waals surface area (Å²) in [6.45, 7) is 0. The van der Waals surface area contributed by atoms with Crippen molar-refractivity contribution in [1.82, 2.24) is 4.57 Å². The van der Waals surface area contributed by atoms with E-state index in [1.165, 1.54) is 25.3 Å². The number of ether oxygens (including phenoxy) is 1. The molecule has 1 heterocycles. The van der Waals surface area contributed by atoms with Crippen LogP contribution in [0.1, 0.15) is 10.4 Å². The molecule has 3 rings (SSSR count). The number of carbonyl (C=O) groups excluding carboxylic acids is 1. The summed E-state index contributed by atoms with van der Waals surface area (Å²) in [7, 11) is 1.27. The summed E-state index contributed by atoms with van der Waals surface area (Å²) < 4.78 is 33.1. The minimum absolute atomic E-state index is 0.292. The lowest BCUT2D eigenvalue weighted by Crippen LogP contribution is -2.02. The molecule has 3 aromatic rings. The lowest BCUT2D eigenvalue weighted by atomic mass is 10.1. The number of halogens is 3. The number of aromatic nitrogens is 1. The molecular weight excluding hydrogens is 312 g/mol. The normalized spacial score (nSPS) is 10.9. The highest BCUT2D eigenvalue weighted by Crippen LogP contribution is 2.28. The molecule has 0 fully saturated rings. The van der Waals surface area contributed by atoms with Crippen LogP contribution in [0.4, 0.5) is 8.78 Å². The summed E-state index contributed by atoms with van der Waals surface area (Å²) in [6.07, 6.45) is 1.61. The maximum atomic E-state index is 13.4. The van der Waals surface area contributed by atoms with E-state index in [-0.39, 0.29) is 0 Å². The Balaban J connectivity index is 2.28. The van der Waals surface area contributed by atoms with E-state index >= 15 is 0 Å². The van der Waals surface area contributed by atoms with Crippen molar-refractivity contribution in [2.75, 3.05) is 7.11 Å². The third-order valence-corrected chi connectivity index (χ3v) is 3.52. The van der Waals surface area contributed by atoms with Crippen molar-refractivity contribution in [2.24, 2.45) is 0 Å². The van der Waals surface area contributed by atoms with Crippen molar-refractivity contribution in [1.29, 1.82) is 0 Å². The molecule has 0 radical (unpaired) electrons. The van der Waals surface area contributed by atoms with Crippen molar-refractivity contribution in [3.8, 4) is 5.69 Å². The molecule has 1 aromatic heterocycles. The molecule has 0 aliphatic heterocycles. The average molecular weight is 322 g/mol. The van der Waals surface area contributed by atoms with Crippen molar-refractivity contribution >= 4 is 28.5 Å². The maximum Gasteiger partial charge on any atom is 0.338 e. The highest BCUT2D eigenvalue weighted by molar-refractivity contribution is 6.32. The highest BCUT2D eigenvalue weighted by atomic mass is 35.5.